The molecule has 0 spiro atoms. The van der Waals surface area contributed by atoms with Crippen LogP contribution in [-0.2, 0) is 14.6 Å². The van der Waals surface area contributed by atoms with E-state index < -0.39 is 22.1 Å². The lowest BCUT2D eigenvalue weighted by Crippen LogP contribution is -2.58. The summed E-state index contributed by atoms with van der Waals surface area (Å²) >= 11 is 0. The second-order valence-electron chi connectivity index (χ2n) is 7.65. The number of rotatable bonds is 15. The summed E-state index contributed by atoms with van der Waals surface area (Å²) in [7, 11) is -4.50. The highest BCUT2D eigenvalue weighted by molar-refractivity contribution is 7.80. The average molecular weight is 444 g/mol. The Morgan fingerprint density at radius 1 is 1.00 bits per heavy atom. The van der Waals surface area contributed by atoms with Crippen molar-refractivity contribution in [2.24, 2.45) is 5.92 Å². The zero-order valence-corrected chi connectivity index (χ0v) is 18.7. The van der Waals surface area contributed by atoms with Gasteiger partial charge < -0.3 is 20.4 Å². The Balaban J connectivity index is 0.000000956. The summed E-state index contributed by atoms with van der Waals surface area (Å²) in [5, 5.41) is 35.1. The fraction of sp³-hybridized carbons (Fsp3) is 1.00. The molecule has 1 saturated carbocycles. The Labute approximate surface area is 175 Å². The largest absolute Gasteiger partial charge is 0.397 e. The van der Waals surface area contributed by atoms with Crippen molar-refractivity contribution in [3.8, 4) is 0 Å². The normalized spacial score (nSPS) is 22.7. The Morgan fingerprint density at radius 2 is 1.52 bits per heavy atom. The van der Waals surface area contributed by atoms with Gasteiger partial charge in [0.05, 0.1) is 25.8 Å². The average Bonchev–Trinajstić information content (AvgIpc) is 2.68. The van der Waals surface area contributed by atoms with E-state index in [-0.39, 0.29) is 26.1 Å². The second kappa shape index (κ2) is 15.5. The van der Waals surface area contributed by atoms with Crippen molar-refractivity contribution >= 4 is 10.4 Å². The van der Waals surface area contributed by atoms with Gasteiger partial charge in [0.2, 0.25) is 0 Å². The van der Waals surface area contributed by atoms with E-state index >= 15 is 0 Å². The molecule has 0 aromatic heterocycles. The summed E-state index contributed by atoms with van der Waals surface area (Å²) in [6.45, 7) is 3.27. The van der Waals surface area contributed by atoms with Gasteiger partial charge in [0.1, 0.15) is 6.10 Å². The van der Waals surface area contributed by atoms with E-state index in [2.05, 4.69) is 11.1 Å². The minimum absolute atomic E-state index is 0.0311. The first-order chi connectivity index (χ1) is 13.7. The number of hydrogen-bond donors (Lipinski definition) is 5. The fourth-order valence-corrected chi connectivity index (χ4v) is 4.15. The standard InChI is InChI=1S/C16H32O5S.C3H9NO3/c1-3-5-6-7-8-9-10-11-14(4-2)16(17)13-12-15(16)21-22(18,19)20;5-1-4(2-6)3-7/h14-15,17H,3-13H2,1-2H3,(H,18,19,20);5-7H,1-3H2. The molecule has 0 aromatic rings. The molecule has 176 valence electrons. The second-order valence-corrected chi connectivity index (χ2v) is 8.70. The van der Waals surface area contributed by atoms with Crippen molar-refractivity contribution in [1.29, 1.82) is 0 Å². The van der Waals surface area contributed by atoms with Crippen molar-refractivity contribution in [2.45, 2.75) is 96.2 Å². The van der Waals surface area contributed by atoms with Crippen LogP contribution in [0.3, 0.4) is 0 Å². The molecule has 3 atom stereocenters. The molecule has 0 amide bonds. The molecule has 0 heterocycles. The maximum absolute atomic E-state index is 10.8. The van der Waals surface area contributed by atoms with Crippen LogP contribution in [0.2, 0.25) is 0 Å². The zero-order chi connectivity index (χ0) is 22.3. The van der Waals surface area contributed by atoms with Crippen LogP contribution in [0.4, 0.5) is 0 Å². The van der Waals surface area contributed by atoms with Gasteiger partial charge in [0, 0.05) is 0 Å². The van der Waals surface area contributed by atoms with Crippen molar-refractivity contribution in [3.63, 3.8) is 0 Å². The number of hydrogen-bond acceptors (Lipinski definition) is 8. The Kier molecular flexibility index (Phi) is 15.3. The molecular weight excluding hydrogens is 402 g/mol. The predicted octanol–water partition coefficient (Wildman–Crippen LogP) is 2.00. The summed E-state index contributed by atoms with van der Waals surface area (Å²) in [5.41, 5.74) is -1.10. The van der Waals surface area contributed by atoms with E-state index in [4.69, 9.17) is 19.9 Å². The maximum Gasteiger partial charge on any atom is 0.397 e. The number of nitrogens with zero attached hydrogens (tertiary/aromatic N) is 1. The summed E-state index contributed by atoms with van der Waals surface area (Å²) in [4.78, 5) is 1.04. The van der Waals surface area contributed by atoms with E-state index in [1.165, 1.54) is 32.1 Å². The van der Waals surface area contributed by atoms with E-state index in [1.807, 2.05) is 6.92 Å². The Morgan fingerprint density at radius 3 is 1.86 bits per heavy atom. The van der Waals surface area contributed by atoms with Crippen LogP contribution in [0.15, 0.2) is 0 Å². The molecule has 29 heavy (non-hydrogen) atoms. The van der Waals surface area contributed by atoms with Gasteiger partial charge in [0.25, 0.3) is 0 Å². The minimum Gasteiger partial charge on any atom is -0.387 e. The highest BCUT2D eigenvalue weighted by Gasteiger charge is 2.52. The summed E-state index contributed by atoms with van der Waals surface area (Å²) < 4.78 is 35.1. The van der Waals surface area contributed by atoms with Gasteiger partial charge in [-0.2, -0.15) is 8.42 Å². The summed E-state index contributed by atoms with van der Waals surface area (Å²) in [6.07, 6.45) is 10.4. The molecule has 0 aliphatic heterocycles. The first-order valence-electron chi connectivity index (χ1n) is 10.6. The van der Waals surface area contributed by atoms with E-state index in [0.29, 0.717) is 12.8 Å². The Hall–Kier alpha value is -0.330. The molecular formula is C19H41NO8S. The smallest absolute Gasteiger partial charge is 0.387 e. The van der Waals surface area contributed by atoms with Crippen LogP contribution in [0, 0.1) is 5.92 Å². The first kappa shape index (κ1) is 28.7. The molecule has 1 aliphatic carbocycles. The van der Waals surface area contributed by atoms with Crippen LogP contribution >= 0.6 is 0 Å². The third-order valence-corrected chi connectivity index (χ3v) is 6.03. The van der Waals surface area contributed by atoms with Crippen molar-refractivity contribution in [2.75, 3.05) is 20.2 Å². The van der Waals surface area contributed by atoms with Crippen molar-refractivity contribution in [3.05, 3.63) is 0 Å². The van der Waals surface area contributed by atoms with E-state index in [1.54, 1.807) is 0 Å². The molecule has 1 rings (SSSR count). The van der Waals surface area contributed by atoms with Crippen LogP contribution in [0.1, 0.15) is 84.5 Å². The number of aliphatic hydroxyl groups excluding tert-OH is 3. The van der Waals surface area contributed by atoms with Gasteiger partial charge in [-0.3, -0.25) is 4.55 Å². The topological polar surface area (TPSA) is 148 Å². The molecule has 10 heteroatoms. The lowest BCUT2D eigenvalue weighted by Gasteiger charge is -2.48. The SMILES string of the molecule is CCCCCCCCCC(CC)C1(O)CCC1OS(=O)(=O)O.OCN(CO)CO. The molecule has 0 aromatic carbocycles. The molecule has 1 fully saturated rings. The molecule has 0 bridgehead atoms. The lowest BCUT2D eigenvalue weighted by molar-refractivity contribution is -0.170. The van der Waals surface area contributed by atoms with E-state index in [9.17, 15) is 13.5 Å². The summed E-state index contributed by atoms with van der Waals surface area (Å²) in [6, 6.07) is 0. The molecule has 0 saturated heterocycles. The highest BCUT2D eigenvalue weighted by atomic mass is 32.3. The monoisotopic (exact) mass is 443 g/mol. The molecule has 1 aliphatic rings. The fourth-order valence-electron chi connectivity index (χ4n) is 3.59. The first-order valence-corrected chi connectivity index (χ1v) is 12.0. The molecule has 3 unspecified atom stereocenters. The quantitative estimate of drug-likeness (QED) is 0.146. The van der Waals surface area contributed by atoms with Crippen LogP contribution in [0.5, 0.6) is 0 Å². The third kappa shape index (κ3) is 11.6. The molecule has 0 radical (unpaired) electrons. The van der Waals surface area contributed by atoms with Crippen molar-refractivity contribution in [1.82, 2.24) is 4.90 Å². The lowest BCUT2D eigenvalue weighted by atomic mass is 9.66. The van der Waals surface area contributed by atoms with Gasteiger partial charge in [-0.25, -0.2) is 9.08 Å². The Bertz CT molecular complexity index is 495. The number of unbranched alkanes of at least 4 members (excludes halogenated alkanes) is 6. The van der Waals surface area contributed by atoms with Gasteiger partial charge in [-0.15, -0.1) is 0 Å². The van der Waals surface area contributed by atoms with Gasteiger partial charge >= 0.3 is 10.4 Å². The maximum atomic E-state index is 10.8. The molecule has 5 N–H and O–H groups in total. The highest BCUT2D eigenvalue weighted by Crippen LogP contribution is 2.44. The van der Waals surface area contributed by atoms with Crippen LogP contribution in [-0.4, -0.2) is 70.2 Å². The zero-order valence-electron chi connectivity index (χ0n) is 17.9. The van der Waals surface area contributed by atoms with Gasteiger partial charge in [0.15, 0.2) is 0 Å². The predicted molar refractivity (Wildman–Crippen MR) is 110 cm³/mol. The van der Waals surface area contributed by atoms with Crippen LogP contribution in [0.25, 0.3) is 0 Å². The van der Waals surface area contributed by atoms with Crippen molar-refractivity contribution < 1.29 is 37.6 Å². The molecule has 9 nitrogen and oxygen atoms in total. The van der Waals surface area contributed by atoms with E-state index in [0.717, 1.165) is 30.6 Å². The minimum atomic E-state index is -4.50. The number of aliphatic hydroxyl groups is 4. The summed E-state index contributed by atoms with van der Waals surface area (Å²) in [5.74, 6) is 0.0311. The van der Waals surface area contributed by atoms with Gasteiger partial charge in [-0.1, -0.05) is 65.2 Å². The third-order valence-electron chi connectivity index (χ3n) is 5.56. The van der Waals surface area contributed by atoms with Crippen LogP contribution < -0.4 is 0 Å². The van der Waals surface area contributed by atoms with Gasteiger partial charge in [-0.05, 0) is 25.2 Å².